The van der Waals surface area contributed by atoms with Crippen LogP contribution in [0.1, 0.15) is 16.7 Å². The molecule has 0 aliphatic rings. The zero-order valence-corrected chi connectivity index (χ0v) is 11.3. The normalized spacial score (nSPS) is 10.5. The molecule has 0 fully saturated rings. The van der Waals surface area contributed by atoms with Gasteiger partial charge in [0.2, 0.25) is 10.1 Å². The van der Waals surface area contributed by atoms with Gasteiger partial charge in [0.05, 0.1) is 0 Å². The lowest BCUT2D eigenvalue weighted by Crippen LogP contribution is -2.15. The monoisotopic (exact) mass is 320 g/mol. The molecule has 0 unspecified atom stereocenters. The summed E-state index contributed by atoms with van der Waals surface area (Å²) in [6.45, 7) is 2.33. The number of carbonyl (C=O) groups is 1. The molecule has 0 saturated heterocycles. The van der Waals surface area contributed by atoms with Gasteiger partial charge in [0, 0.05) is 12.6 Å². The predicted molar refractivity (Wildman–Crippen MR) is 68.3 cm³/mol. The SMILES string of the molecule is CCNc1nnc(C(=O)Nc2c(F)c(F)cc(F)c2F)s1. The van der Waals surface area contributed by atoms with Gasteiger partial charge in [0.25, 0.3) is 5.91 Å². The lowest BCUT2D eigenvalue weighted by atomic mass is 10.2. The van der Waals surface area contributed by atoms with E-state index in [0.29, 0.717) is 11.7 Å². The first kappa shape index (κ1) is 15.2. The number of rotatable bonds is 4. The van der Waals surface area contributed by atoms with E-state index in [1.165, 1.54) is 0 Å². The van der Waals surface area contributed by atoms with Crippen LogP contribution in [0.3, 0.4) is 0 Å². The van der Waals surface area contributed by atoms with Gasteiger partial charge in [-0.25, -0.2) is 17.6 Å². The number of nitrogens with zero attached hydrogens (tertiary/aromatic N) is 2. The second kappa shape index (κ2) is 6.04. The predicted octanol–water partition coefficient (Wildman–Crippen LogP) is 2.78. The van der Waals surface area contributed by atoms with Gasteiger partial charge in [0.1, 0.15) is 5.69 Å². The molecule has 2 rings (SSSR count). The molecule has 21 heavy (non-hydrogen) atoms. The summed E-state index contributed by atoms with van der Waals surface area (Å²) in [6.07, 6.45) is 0. The number of nitrogens with one attached hydrogen (secondary N) is 2. The molecule has 5 nitrogen and oxygen atoms in total. The van der Waals surface area contributed by atoms with Crippen molar-refractivity contribution in [1.29, 1.82) is 0 Å². The van der Waals surface area contributed by atoms with Crippen LogP contribution in [0.5, 0.6) is 0 Å². The van der Waals surface area contributed by atoms with E-state index in [1.807, 2.05) is 0 Å². The Balaban J connectivity index is 2.27. The van der Waals surface area contributed by atoms with Crippen molar-refractivity contribution in [2.75, 3.05) is 17.2 Å². The Morgan fingerprint density at radius 2 is 1.81 bits per heavy atom. The topological polar surface area (TPSA) is 66.9 Å². The van der Waals surface area contributed by atoms with E-state index in [0.717, 1.165) is 11.3 Å². The highest BCUT2D eigenvalue weighted by atomic mass is 32.1. The minimum atomic E-state index is -1.70. The molecule has 0 atom stereocenters. The fourth-order valence-corrected chi connectivity index (χ4v) is 2.09. The minimum Gasteiger partial charge on any atom is -0.360 e. The average molecular weight is 320 g/mol. The van der Waals surface area contributed by atoms with Gasteiger partial charge in [-0.15, -0.1) is 10.2 Å². The van der Waals surface area contributed by atoms with Gasteiger partial charge < -0.3 is 10.6 Å². The molecular weight excluding hydrogens is 312 g/mol. The largest absolute Gasteiger partial charge is 0.360 e. The molecule has 0 aliphatic carbocycles. The van der Waals surface area contributed by atoms with Crippen molar-refractivity contribution in [2.45, 2.75) is 6.92 Å². The van der Waals surface area contributed by atoms with Crippen LogP contribution >= 0.6 is 11.3 Å². The van der Waals surface area contributed by atoms with Crippen LogP contribution in [-0.4, -0.2) is 22.6 Å². The third-order valence-corrected chi connectivity index (χ3v) is 3.18. The number of aromatic nitrogens is 2. The smallest absolute Gasteiger partial charge is 0.286 e. The minimum absolute atomic E-state index is 0.0501. The van der Waals surface area contributed by atoms with Gasteiger partial charge in [0.15, 0.2) is 23.3 Å². The van der Waals surface area contributed by atoms with Crippen LogP contribution in [-0.2, 0) is 0 Å². The molecule has 0 radical (unpaired) electrons. The molecule has 0 aliphatic heterocycles. The van der Waals surface area contributed by atoms with Gasteiger partial charge >= 0.3 is 0 Å². The highest BCUT2D eigenvalue weighted by Gasteiger charge is 2.22. The summed E-state index contributed by atoms with van der Waals surface area (Å²) in [5, 5.41) is 11.7. The number of carbonyl (C=O) groups excluding carboxylic acids is 1. The van der Waals surface area contributed by atoms with Gasteiger partial charge in [-0.2, -0.15) is 0 Å². The van der Waals surface area contributed by atoms with Crippen molar-refractivity contribution in [3.63, 3.8) is 0 Å². The molecule has 10 heteroatoms. The van der Waals surface area contributed by atoms with Crippen molar-refractivity contribution in [3.8, 4) is 0 Å². The molecule has 0 bridgehead atoms. The van der Waals surface area contributed by atoms with Crippen LogP contribution in [0.4, 0.5) is 28.4 Å². The number of amides is 1. The van der Waals surface area contributed by atoms with Gasteiger partial charge in [-0.1, -0.05) is 11.3 Å². The number of anilines is 2. The third-order valence-electron chi connectivity index (χ3n) is 2.30. The van der Waals surface area contributed by atoms with E-state index in [-0.39, 0.29) is 11.1 Å². The summed E-state index contributed by atoms with van der Waals surface area (Å²) in [6, 6.07) is 0.0501. The molecular formula is C11H8F4N4OS. The zero-order valence-electron chi connectivity index (χ0n) is 10.5. The molecule has 1 aromatic carbocycles. The summed E-state index contributed by atoms with van der Waals surface area (Å²) < 4.78 is 52.8. The van der Waals surface area contributed by atoms with Crippen LogP contribution < -0.4 is 10.6 Å². The van der Waals surface area contributed by atoms with Crippen LogP contribution in [0.25, 0.3) is 0 Å². The maximum absolute atomic E-state index is 13.4. The summed E-state index contributed by atoms with van der Waals surface area (Å²) >= 11 is 0.827. The van der Waals surface area contributed by atoms with E-state index in [4.69, 9.17) is 0 Å². The Morgan fingerprint density at radius 3 is 2.38 bits per heavy atom. The third kappa shape index (κ3) is 3.10. The van der Waals surface area contributed by atoms with Crippen molar-refractivity contribution in [3.05, 3.63) is 34.3 Å². The fourth-order valence-electron chi connectivity index (χ4n) is 1.39. The second-order valence-electron chi connectivity index (χ2n) is 3.74. The van der Waals surface area contributed by atoms with Crippen molar-refractivity contribution in [1.82, 2.24) is 10.2 Å². The quantitative estimate of drug-likeness (QED) is 0.671. The first-order valence-electron chi connectivity index (χ1n) is 5.65. The molecule has 2 aromatic rings. The molecule has 0 spiro atoms. The highest BCUT2D eigenvalue weighted by molar-refractivity contribution is 7.17. The summed E-state index contributed by atoms with van der Waals surface area (Å²) in [5.74, 6) is -7.65. The molecule has 1 heterocycles. The van der Waals surface area contributed by atoms with Crippen LogP contribution in [0.2, 0.25) is 0 Å². The van der Waals surface area contributed by atoms with E-state index < -0.39 is 34.9 Å². The molecule has 2 N–H and O–H groups in total. The first-order valence-corrected chi connectivity index (χ1v) is 6.47. The van der Waals surface area contributed by atoms with Gasteiger partial charge in [-0.05, 0) is 6.92 Å². The van der Waals surface area contributed by atoms with Crippen molar-refractivity contribution in [2.24, 2.45) is 0 Å². The summed E-state index contributed by atoms with van der Waals surface area (Å²) in [5.41, 5.74) is -1.21. The lowest BCUT2D eigenvalue weighted by Gasteiger charge is -2.07. The number of benzene rings is 1. The summed E-state index contributed by atoms with van der Waals surface area (Å²) in [4.78, 5) is 11.7. The number of hydrogen-bond donors (Lipinski definition) is 2. The molecule has 0 saturated carbocycles. The maximum Gasteiger partial charge on any atom is 0.286 e. The molecule has 112 valence electrons. The van der Waals surface area contributed by atoms with Crippen molar-refractivity contribution >= 4 is 28.1 Å². The fraction of sp³-hybridized carbons (Fsp3) is 0.182. The van der Waals surface area contributed by atoms with E-state index in [1.54, 1.807) is 12.2 Å². The van der Waals surface area contributed by atoms with E-state index >= 15 is 0 Å². The highest BCUT2D eigenvalue weighted by Crippen LogP contribution is 2.25. The number of halogens is 4. The van der Waals surface area contributed by atoms with Crippen molar-refractivity contribution < 1.29 is 22.4 Å². The Bertz CT molecular complexity index is 665. The Labute approximate surface area is 120 Å². The summed E-state index contributed by atoms with van der Waals surface area (Å²) in [7, 11) is 0. The standard InChI is InChI=1S/C11H8F4N4OS/c1-2-16-11-19-18-10(21-11)9(20)17-8-6(14)4(12)3-5(13)7(8)15/h3H,2H2,1H3,(H,16,19)(H,17,20). The average Bonchev–Trinajstić information content (AvgIpc) is 2.90. The van der Waals surface area contributed by atoms with Crippen LogP contribution in [0, 0.1) is 23.3 Å². The Hall–Kier alpha value is -2.23. The Morgan fingerprint density at radius 1 is 1.19 bits per heavy atom. The van der Waals surface area contributed by atoms with E-state index in [9.17, 15) is 22.4 Å². The van der Waals surface area contributed by atoms with Gasteiger partial charge in [-0.3, -0.25) is 4.79 Å². The first-order chi connectivity index (χ1) is 9.93. The lowest BCUT2D eigenvalue weighted by molar-refractivity contribution is 0.102. The molecule has 1 amide bonds. The second-order valence-corrected chi connectivity index (χ2v) is 4.72. The number of hydrogen-bond acceptors (Lipinski definition) is 5. The Kier molecular flexibility index (Phi) is 4.36. The maximum atomic E-state index is 13.4. The zero-order chi connectivity index (χ0) is 15.6. The van der Waals surface area contributed by atoms with E-state index in [2.05, 4.69) is 15.5 Å². The van der Waals surface area contributed by atoms with Crippen LogP contribution in [0.15, 0.2) is 6.07 Å². The molecule has 1 aromatic heterocycles.